The zero-order valence-electron chi connectivity index (χ0n) is 18.4. The van der Waals surface area contributed by atoms with E-state index < -0.39 is 0 Å². The van der Waals surface area contributed by atoms with Gasteiger partial charge in [-0.1, -0.05) is 28.1 Å². The summed E-state index contributed by atoms with van der Waals surface area (Å²) in [7, 11) is 0. The van der Waals surface area contributed by atoms with Crippen molar-refractivity contribution in [3.05, 3.63) is 112 Å². The Morgan fingerprint density at radius 3 is 2.55 bits per heavy atom. The molecule has 1 aliphatic rings. The lowest BCUT2D eigenvalue weighted by atomic mass is 9.96. The quantitative estimate of drug-likeness (QED) is 0.334. The summed E-state index contributed by atoms with van der Waals surface area (Å²) in [4.78, 5) is 11.2. The number of aryl methyl sites for hydroxylation is 1. The molecule has 1 aliphatic heterocycles. The number of nitrogens with one attached hydrogen (secondary N) is 1. The second-order valence-electron chi connectivity index (χ2n) is 8.25. The van der Waals surface area contributed by atoms with Crippen LogP contribution in [-0.4, -0.2) is 19.6 Å². The first-order valence-electron chi connectivity index (χ1n) is 10.8. The van der Waals surface area contributed by atoms with Gasteiger partial charge in [0, 0.05) is 46.7 Å². The summed E-state index contributed by atoms with van der Waals surface area (Å²) in [5.41, 5.74) is 6.87. The van der Waals surface area contributed by atoms with E-state index in [2.05, 4.69) is 97.0 Å². The van der Waals surface area contributed by atoms with Crippen molar-refractivity contribution in [2.24, 2.45) is 0 Å². The highest BCUT2D eigenvalue weighted by molar-refractivity contribution is 9.10. The van der Waals surface area contributed by atoms with Crippen molar-refractivity contribution in [3.8, 4) is 0 Å². The third-order valence-electron chi connectivity index (χ3n) is 6.20. The maximum absolute atomic E-state index is 5.86. The van der Waals surface area contributed by atoms with Crippen molar-refractivity contribution in [1.82, 2.24) is 19.9 Å². The average molecular weight is 518 g/mol. The summed E-state index contributed by atoms with van der Waals surface area (Å²) < 4.78 is 3.39. The van der Waals surface area contributed by atoms with Gasteiger partial charge in [-0.15, -0.1) is 0 Å². The van der Waals surface area contributed by atoms with E-state index in [4.69, 9.17) is 12.2 Å². The van der Waals surface area contributed by atoms with Gasteiger partial charge in [-0.25, -0.2) is 0 Å². The number of hydrogen-bond donors (Lipinski definition) is 1. The van der Waals surface area contributed by atoms with Crippen molar-refractivity contribution >= 4 is 38.9 Å². The average Bonchev–Trinajstić information content (AvgIpc) is 3.32. The fraction of sp³-hybridized carbons (Fsp3) is 0.192. The molecule has 2 unspecified atom stereocenters. The van der Waals surface area contributed by atoms with Crippen LogP contribution in [-0.2, 0) is 6.54 Å². The maximum Gasteiger partial charge on any atom is 0.174 e. The van der Waals surface area contributed by atoms with Gasteiger partial charge in [-0.3, -0.25) is 9.97 Å². The number of thiocarbonyl (C=S) groups is 1. The normalized spacial score (nSPS) is 17.9. The van der Waals surface area contributed by atoms with Crippen LogP contribution in [0.1, 0.15) is 40.3 Å². The lowest BCUT2D eigenvalue weighted by Crippen LogP contribution is -2.29. The molecule has 0 amide bonds. The number of nitrogens with zero attached hydrogens (tertiary/aromatic N) is 4. The van der Waals surface area contributed by atoms with Crippen LogP contribution in [0.4, 0.5) is 5.69 Å². The van der Waals surface area contributed by atoms with Gasteiger partial charge in [0.1, 0.15) is 0 Å². The summed E-state index contributed by atoms with van der Waals surface area (Å²) in [6.07, 6.45) is 5.57. The molecule has 0 spiro atoms. The van der Waals surface area contributed by atoms with Gasteiger partial charge in [0.05, 0.1) is 17.8 Å². The fourth-order valence-electron chi connectivity index (χ4n) is 4.60. The molecule has 1 fully saturated rings. The van der Waals surface area contributed by atoms with Crippen molar-refractivity contribution in [3.63, 3.8) is 0 Å². The van der Waals surface area contributed by atoms with Crippen LogP contribution in [0.15, 0.2) is 83.7 Å². The third kappa shape index (κ3) is 4.18. The van der Waals surface area contributed by atoms with Gasteiger partial charge in [0.25, 0.3) is 0 Å². The Morgan fingerprint density at radius 2 is 1.85 bits per heavy atom. The highest BCUT2D eigenvalue weighted by Crippen LogP contribution is 2.43. The second-order valence-corrected chi connectivity index (χ2v) is 9.55. The van der Waals surface area contributed by atoms with E-state index in [1.807, 2.05) is 36.8 Å². The molecule has 1 saturated heterocycles. The van der Waals surface area contributed by atoms with Crippen LogP contribution < -0.4 is 10.2 Å². The van der Waals surface area contributed by atoms with Gasteiger partial charge in [0.15, 0.2) is 5.11 Å². The standard InChI is InChI=1S/C26H24BrN5S/c1-17-14-22(18(2)31(17)16-19-6-5-12-28-15-19)25-24(23-7-3-4-13-29-23)30-26(33)32(25)21-10-8-20(27)9-11-21/h3-15,24-25H,16H2,1-2H3,(H,30,33). The van der Waals surface area contributed by atoms with Crippen LogP contribution >= 0.6 is 28.1 Å². The summed E-state index contributed by atoms with van der Waals surface area (Å²) in [5, 5.41) is 4.26. The van der Waals surface area contributed by atoms with E-state index in [9.17, 15) is 0 Å². The molecule has 5 rings (SSSR count). The van der Waals surface area contributed by atoms with Crippen LogP contribution in [0.25, 0.3) is 0 Å². The molecule has 1 aromatic carbocycles. The Morgan fingerprint density at radius 1 is 1.03 bits per heavy atom. The van der Waals surface area contributed by atoms with E-state index >= 15 is 0 Å². The Kier molecular flexibility index (Phi) is 6.00. The molecule has 0 radical (unpaired) electrons. The minimum Gasteiger partial charge on any atom is -0.351 e. The third-order valence-corrected chi connectivity index (χ3v) is 7.04. The smallest absolute Gasteiger partial charge is 0.174 e. The Bertz CT molecular complexity index is 1270. The number of aromatic nitrogens is 3. The molecule has 33 heavy (non-hydrogen) atoms. The lowest BCUT2D eigenvalue weighted by molar-refractivity contribution is 0.563. The van der Waals surface area contributed by atoms with Crippen LogP contribution in [0.2, 0.25) is 0 Å². The minimum atomic E-state index is -0.0605. The van der Waals surface area contributed by atoms with Crippen LogP contribution in [0.5, 0.6) is 0 Å². The zero-order chi connectivity index (χ0) is 22.9. The van der Waals surface area contributed by atoms with Gasteiger partial charge in [0.2, 0.25) is 0 Å². The number of benzene rings is 1. The first-order valence-corrected chi connectivity index (χ1v) is 12.0. The van der Waals surface area contributed by atoms with Gasteiger partial charge >= 0.3 is 0 Å². The lowest BCUT2D eigenvalue weighted by Gasteiger charge is -2.28. The summed E-state index contributed by atoms with van der Waals surface area (Å²) in [6.45, 7) is 5.13. The van der Waals surface area contributed by atoms with E-state index in [1.165, 1.54) is 22.5 Å². The number of pyridine rings is 2. The van der Waals surface area contributed by atoms with Crippen molar-refractivity contribution < 1.29 is 0 Å². The van der Waals surface area contributed by atoms with Gasteiger partial charge in [-0.2, -0.15) is 0 Å². The largest absolute Gasteiger partial charge is 0.351 e. The maximum atomic E-state index is 5.86. The Labute approximate surface area is 207 Å². The van der Waals surface area contributed by atoms with E-state index in [0.29, 0.717) is 5.11 Å². The number of halogens is 1. The van der Waals surface area contributed by atoms with E-state index in [-0.39, 0.29) is 12.1 Å². The summed E-state index contributed by atoms with van der Waals surface area (Å²) in [5.74, 6) is 0. The number of anilines is 1. The van der Waals surface area contributed by atoms with Crippen molar-refractivity contribution in [2.75, 3.05) is 4.90 Å². The first kappa shape index (κ1) is 21.8. The molecule has 2 atom stereocenters. The topological polar surface area (TPSA) is 46.0 Å². The SMILES string of the molecule is Cc1cc(C2C(c3ccccn3)NC(=S)N2c2ccc(Br)cc2)c(C)n1Cc1cccnc1. The van der Waals surface area contributed by atoms with Gasteiger partial charge < -0.3 is 14.8 Å². The second kappa shape index (κ2) is 9.08. The predicted molar refractivity (Wildman–Crippen MR) is 139 cm³/mol. The molecular weight excluding hydrogens is 494 g/mol. The molecule has 4 heterocycles. The molecule has 0 aliphatic carbocycles. The summed E-state index contributed by atoms with van der Waals surface area (Å²) in [6, 6.07) is 20.6. The zero-order valence-corrected chi connectivity index (χ0v) is 20.8. The fourth-order valence-corrected chi connectivity index (χ4v) is 5.21. The minimum absolute atomic E-state index is 0.0255. The molecule has 1 N–H and O–H groups in total. The van der Waals surface area contributed by atoms with Crippen LogP contribution in [0.3, 0.4) is 0 Å². The highest BCUT2D eigenvalue weighted by atomic mass is 79.9. The highest BCUT2D eigenvalue weighted by Gasteiger charge is 2.42. The number of hydrogen-bond acceptors (Lipinski definition) is 3. The summed E-state index contributed by atoms with van der Waals surface area (Å²) >= 11 is 9.41. The van der Waals surface area contributed by atoms with Crippen LogP contribution in [0, 0.1) is 13.8 Å². The van der Waals surface area contributed by atoms with Crippen molar-refractivity contribution in [2.45, 2.75) is 32.5 Å². The first-order chi connectivity index (χ1) is 16.0. The molecule has 4 aromatic rings. The Hall–Kier alpha value is -3.03. The number of rotatable bonds is 5. The molecule has 3 aromatic heterocycles. The van der Waals surface area contributed by atoms with E-state index in [0.717, 1.165) is 22.4 Å². The molecule has 166 valence electrons. The Balaban J connectivity index is 1.62. The van der Waals surface area contributed by atoms with E-state index in [1.54, 1.807) is 0 Å². The van der Waals surface area contributed by atoms with Gasteiger partial charge in [-0.05, 0) is 85.7 Å². The van der Waals surface area contributed by atoms with Crippen molar-refractivity contribution in [1.29, 1.82) is 0 Å². The molecular formula is C26H24BrN5S. The molecule has 5 nitrogen and oxygen atoms in total. The molecule has 0 saturated carbocycles. The predicted octanol–water partition coefficient (Wildman–Crippen LogP) is 5.88. The molecule has 0 bridgehead atoms. The molecule has 7 heteroatoms. The monoisotopic (exact) mass is 517 g/mol.